The average Bonchev–Trinajstić information content (AvgIpc) is 2.63. The summed E-state index contributed by atoms with van der Waals surface area (Å²) in [6.07, 6.45) is 0.522. The first-order chi connectivity index (χ1) is 9.79. The van der Waals surface area contributed by atoms with Gasteiger partial charge in [-0.3, -0.25) is 10.1 Å². The van der Waals surface area contributed by atoms with E-state index in [1.165, 1.54) is 4.68 Å². The largest absolute Gasteiger partial charge is 0.329 e. The number of hydrogen-bond acceptors (Lipinski definition) is 3. The van der Waals surface area contributed by atoms with Crippen molar-refractivity contribution in [3.05, 3.63) is 50.3 Å². The summed E-state index contributed by atoms with van der Waals surface area (Å²) >= 11 is 6.21. The molecule has 0 unspecified atom stereocenters. The van der Waals surface area contributed by atoms with E-state index in [2.05, 4.69) is 5.10 Å². The molecule has 2 rings (SSSR count). The summed E-state index contributed by atoms with van der Waals surface area (Å²) in [5.41, 5.74) is 3.20. The molecule has 0 amide bonds. The molecule has 0 aliphatic rings. The van der Waals surface area contributed by atoms with E-state index in [1.54, 1.807) is 0 Å². The summed E-state index contributed by atoms with van der Waals surface area (Å²) in [6.45, 7) is 7.93. The van der Waals surface area contributed by atoms with Crippen LogP contribution in [0.15, 0.2) is 18.2 Å². The summed E-state index contributed by atoms with van der Waals surface area (Å²) in [5.74, 6) is 0.266. The fourth-order valence-corrected chi connectivity index (χ4v) is 2.69. The second kappa shape index (κ2) is 5.85. The fraction of sp³-hybridized carbons (Fsp3) is 0.400. The molecule has 2 aromatic rings. The monoisotopic (exact) mass is 307 g/mol. The van der Waals surface area contributed by atoms with Crippen LogP contribution in [0.25, 0.3) is 5.69 Å². The van der Waals surface area contributed by atoms with Crippen LogP contribution in [0.3, 0.4) is 0 Å². The van der Waals surface area contributed by atoms with Gasteiger partial charge in [0.15, 0.2) is 0 Å². The van der Waals surface area contributed by atoms with Crippen LogP contribution < -0.4 is 0 Å². The van der Waals surface area contributed by atoms with Gasteiger partial charge in [-0.2, -0.15) is 5.10 Å². The Bertz CT molecular complexity index is 672. The lowest BCUT2D eigenvalue weighted by Gasteiger charge is -2.05. The highest BCUT2D eigenvalue weighted by Crippen LogP contribution is 2.32. The first kappa shape index (κ1) is 15.5. The molecule has 1 aromatic carbocycles. The third-order valence-electron chi connectivity index (χ3n) is 3.11. The number of aromatic nitrogens is 2. The van der Waals surface area contributed by atoms with Gasteiger partial charge in [0, 0.05) is 6.42 Å². The van der Waals surface area contributed by atoms with Crippen LogP contribution in [0.5, 0.6) is 0 Å². The molecule has 5 nitrogen and oxygen atoms in total. The van der Waals surface area contributed by atoms with Gasteiger partial charge in [-0.25, -0.2) is 4.68 Å². The van der Waals surface area contributed by atoms with Crippen LogP contribution in [0.4, 0.5) is 5.69 Å². The Kier molecular flexibility index (Phi) is 4.32. The molecule has 0 radical (unpaired) electrons. The normalized spacial score (nSPS) is 11.1. The van der Waals surface area contributed by atoms with Crippen molar-refractivity contribution in [2.45, 2.75) is 34.1 Å². The number of halogens is 1. The Morgan fingerprint density at radius 3 is 2.33 bits per heavy atom. The number of nitrogens with zero attached hydrogens (tertiary/aromatic N) is 3. The molecule has 0 aliphatic heterocycles. The maximum Gasteiger partial charge on any atom is 0.329 e. The minimum Gasteiger partial charge on any atom is -0.258 e. The van der Waals surface area contributed by atoms with E-state index < -0.39 is 4.92 Å². The maximum atomic E-state index is 11.3. The highest BCUT2D eigenvalue weighted by atomic mass is 35.5. The van der Waals surface area contributed by atoms with E-state index in [-0.39, 0.29) is 16.8 Å². The van der Waals surface area contributed by atoms with Gasteiger partial charge in [-0.1, -0.05) is 31.5 Å². The van der Waals surface area contributed by atoms with Crippen molar-refractivity contribution in [2.75, 3.05) is 0 Å². The van der Waals surface area contributed by atoms with Gasteiger partial charge in [0.05, 0.1) is 10.6 Å². The van der Waals surface area contributed by atoms with Gasteiger partial charge in [-0.05, 0) is 43.0 Å². The molecule has 0 aliphatic carbocycles. The molecule has 0 N–H and O–H groups in total. The highest BCUT2D eigenvalue weighted by Gasteiger charge is 2.27. The number of benzene rings is 1. The van der Waals surface area contributed by atoms with Crippen LogP contribution in [0.2, 0.25) is 5.15 Å². The van der Waals surface area contributed by atoms with Gasteiger partial charge in [0.25, 0.3) is 0 Å². The molecule has 0 atom stereocenters. The van der Waals surface area contributed by atoms with E-state index in [9.17, 15) is 10.1 Å². The van der Waals surface area contributed by atoms with Crippen molar-refractivity contribution in [1.29, 1.82) is 0 Å². The lowest BCUT2D eigenvalue weighted by Crippen LogP contribution is -2.01. The molecule has 0 spiro atoms. The second-order valence-corrected chi connectivity index (χ2v) is 6.06. The van der Waals surface area contributed by atoms with Crippen molar-refractivity contribution in [3.8, 4) is 5.69 Å². The van der Waals surface area contributed by atoms with Gasteiger partial charge >= 0.3 is 5.69 Å². The van der Waals surface area contributed by atoms with E-state index in [0.29, 0.717) is 12.1 Å². The third kappa shape index (κ3) is 3.24. The van der Waals surface area contributed by atoms with Crippen LogP contribution in [0.1, 0.15) is 30.7 Å². The van der Waals surface area contributed by atoms with Crippen LogP contribution in [-0.2, 0) is 6.42 Å². The summed E-state index contributed by atoms with van der Waals surface area (Å²) < 4.78 is 1.46. The number of aryl methyl sites for hydroxylation is 2. The lowest BCUT2D eigenvalue weighted by molar-refractivity contribution is -0.385. The van der Waals surface area contributed by atoms with Crippen molar-refractivity contribution in [2.24, 2.45) is 5.92 Å². The molecule has 1 heterocycles. The summed E-state index contributed by atoms with van der Waals surface area (Å²) in [4.78, 5) is 10.8. The molecule has 0 bridgehead atoms. The first-order valence-corrected chi connectivity index (χ1v) is 7.18. The predicted molar refractivity (Wildman–Crippen MR) is 83.2 cm³/mol. The van der Waals surface area contributed by atoms with Gasteiger partial charge in [0.1, 0.15) is 5.69 Å². The van der Waals surface area contributed by atoms with Gasteiger partial charge in [0.2, 0.25) is 5.15 Å². The minimum atomic E-state index is -0.452. The molecule has 0 saturated carbocycles. The lowest BCUT2D eigenvalue weighted by atomic mass is 10.1. The van der Waals surface area contributed by atoms with Gasteiger partial charge in [-0.15, -0.1) is 0 Å². The van der Waals surface area contributed by atoms with Crippen molar-refractivity contribution in [1.82, 2.24) is 9.78 Å². The topological polar surface area (TPSA) is 61.0 Å². The fourth-order valence-electron chi connectivity index (χ4n) is 2.38. The third-order valence-corrected chi connectivity index (χ3v) is 3.45. The Balaban J connectivity index is 2.61. The smallest absolute Gasteiger partial charge is 0.258 e. The van der Waals surface area contributed by atoms with Crippen molar-refractivity contribution in [3.63, 3.8) is 0 Å². The second-order valence-electron chi connectivity index (χ2n) is 5.70. The number of rotatable bonds is 4. The molecule has 6 heteroatoms. The Labute approximate surface area is 128 Å². The average molecular weight is 308 g/mol. The van der Waals surface area contributed by atoms with E-state index in [0.717, 1.165) is 16.8 Å². The minimum absolute atomic E-state index is 0.0562. The molecule has 21 heavy (non-hydrogen) atoms. The SMILES string of the molecule is Cc1cc(C)cc(-n2nc(CC(C)C)c([N+](=O)[O-])c2Cl)c1. The number of hydrogen-bond donors (Lipinski definition) is 0. The Morgan fingerprint density at radius 2 is 1.86 bits per heavy atom. The zero-order valence-corrected chi connectivity index (χ0v) is 13.3. The molecule has 0 saturated heterocycles. The zero-order valence-electron chi connectivity index (χ0n) is 12.6. The maximum absolute atomic E-state index is 11.3. The Morgan fingerprint density at radius 1 is 1.29 bits per heavy atom. The first-order valence-electron chi connectivity index (χ1n) is 6.80. The summed E-state index contributed by atoms with van der Waals surface area (Å²) in [5, 5.41) is 15.7. The molecule has 0 fully saturated rings. The zero-order chi connectivity index (χ0) is 15.7. The van der Waals surface area contributed by atoms with Gasteiger partial charge < -0.3 is 0 Å². The summed E-state index contributed by atoms with van der Waals surface area (Å²) in [7, 11) is 0. The van der Waals surface area contributed by atoms with E-state index in [1.807, 2.05) is 45.9 Å². The van der Waals surface area contributed by atoms with Crippen LogP contribution >= 0.6 is 11.6 Å². The van der Waals surface area contributed by atoms with Crippen molar-refractivity contribution >= 4 is 17.3 Å². The van der Waals surface area contributed by atoms with Crippen LogP contribution in [-0.4, -0.2) is 14.7 Å². The molecule has 1 aromatic heterocycles. The quantitative estimate of drug-likeness (QED) is 0.626. The van der Waals surface area contributed by atoms with Crippen molar-refractivity contribution < 1.29 is 4.92 Å². The summed E-state index contributed by atoms with van der Waals surface area (Å²) in [6, 6.07) is 5.86. The predicted octanol–water partition coefficient (Wildman–Crippen LogP) is 4.25. The molecular weight excluding hydrogens is 290 g/mol. The number of nitro groups is 1. The highest BCUT2D eigenvalue weighted by molar-refractivity contribution is 6.32. The Hall–Kier alpha value is -1.88. The van der Waals surface area contributed by atoms with E-state index in [4.69, 9.17) is 11.6 Å². The molecular formula is C15H18ClN3O2. The standard InChI is InChI=1S/C15H18ClN3O2/c1-9(2)5-13-14(19(20)21)15(16)18(17-13)12-7-10(3)6-11(4)8-12/h6-9H,5H2,1-4H3. The van der Waals surface area contributed by atoms with Crippen LogP contribution in [0, 0.1) is 29.9 Å². The molecule has 112 valence electrons. The van der Waals surface area contributed by atoms with E-state index >= 15 is 0 Å².